The molecule has 0 aliphatic rings. The first-order valence-electron chi connectivity index (χ1n) is 9.51. The third-order valence-electron chi connectivity index (χ3n) is 3.25. The van der Waals surface area contributed by atoms with Crippen molar-refractivity contribution in [2.45, 2.75) is 78.6 Å². The fraction of sp³-hybridized carbons (Fsp3) is 0.700. The van der Waals surface area contributed by atoms with Crippen LogP contribution in [-0.4, -0.2) is 59.8 Å². The molecule has 0 bridgehead atoms. The Balaban J connectivity index is 5.75. The van der Waals surface area contributed by atoms with Gasteiger partial charge in [-0.1, -0.05) is 6.08 Å². The van der Waals surface area contributed by atoms with Crippen LogP contribution in [0.15, 0.2) is 16.9 Å². The average molecular weight is 432 g/mol. The zero-order valence-electron chi connectivity index (χ0n) is 19.1. The number of nitrogens with two attached hydrogens (primary N) is 1. The van der Waals surface area contributed by atoms with Gasteiger partial charge in [-0.3, -0.25) is 4.99 Å². The maximum atomic E-state index is 13.8. The van der Waals surface area contributed by atoms with E-state index in [1.165, 1.54) is 13.0 Å². The molecule has 0 fully saturated rings. The SMILES string of the molecule is COC(=O)[C@H](CC/C=C(\F)CN=C(C)N)N(C(=O)OC(C)(C)C)C(=O)OC(C)(C)C. The zero-order chi connectivity index (χ0) is 23.7. The average Bonchev–Trinajstić information content (AvgIpc) is 2.54. The van der Waals surface area contributed by atoms with Gasteiger partial charge in [0.2, 0.25) is 0 Å². The maximum Gasteiger partial charge on any atom is 0.420 e. The Labute approximate surface area is 177 Å². The lowest BCUT2D eigenvalue weighted by Gasteiger charge is -2.32. The number of esters is 1. The van der Waals surface area contributed by atoms with E-state index in [9.17, 15) is 18.8 Å². The standard InChI is InChI=1S/C20H34FN3O6/c1-13(22)23-12-14(21)10-9-11-15(16(25)28-8)24(17(26)29-19(2,3)4)18(27)30-20(5,6)7/h10,15H,9,11-12H2,1-8H3,(H2,22,23)/b14-10-/t15-/m0/s1. The predicted molar refractivity (Wildman–Crippen MR) is 111 cm³/mol. The van der Waals surface area contributed by atoms with Crippen molar-refractivity contribution in [2.75, 3.05) is 13.7 Å². The van der Waals surface area contributed by atoms with Crippen LogP contribution in [0, 0.1) is 0 Å². The molecular weight excluding hydrogens is 397 g/mol. The molecule has 0 aliphatic heterocycles. The lowest BCUT2D eigenvalue weighted by molar-refractivity contribution is -0.146. The summed E-state index contributed by atoms with van der Waals surface area (Å²) in [5, 5.41) is 0. The number of aliphatic imine (C=N–C) groups is 1. The first-order chi connectivity index (χ1) is 13.6. The fourth-order valence-corrected chi connectivity index (χ4v) is 2.10. The quantitative estimate of drug-likeness (QED) is 0.282. The summed E-state index contributed by atoms with van der Waals surface area (Å²) in [5.74, 6) is -1.20. The Morgan fingerprint density at radius 1 is 1.07 bits per heavy atom. The van der Waals surface area contributed by atoms with Crippen LogP contribution >= 0.6 is 0 Å². The number of nitrogens with zero attached hydrogens (tertiary/aromatic N) is 2. The molecule has 30 heavy (non-hydrogen) atoms. The van der Waals surface area contributed by atoms with Crippen molar-refractivity contribution >= 4 is 24.0 Å². The number of hydrogen-bond acceptors (Lipinski definition) is 7. The topological polar surface area (TPSA) is 121 Å². The van der Waals surface area contributed by atoms with E-state index in [0.717, 1.165) is 7.11 Å². The first kappa shape index (κ1) is 27.4. The van der Waals surface area contributed by atoms with Gasteiger partial charge in [-0.05, 0) is 61.3 Å². The molecule has 1 atom stereocenters. The maximum absolute atomic E-state index is 13.8. The number of halogens is 1. The molecule has 0 rings (SSSR count). The first-order valence-corrected chi connectivity index (χ1v) is 9.51. The molecule has 0 aromatic carbocycles. The van der Waals surface area contributed by atoms with Crippen LogP contribution in [-0.2, 0) is 19.0 Å². The van der Waals surface area contributed by atoms with Crippen LogP contribution in [0.2, 0.25) is 0 Å². The van der Waals surface area contributed by atoms with Gasteiger partial charge in [0.1, 0.15) is 23.1 Å². The third kappa shape index (κ3) is 11.4. The number of hydrogen-bond donors (Lipinski definition) is 1. The van der Waals surface area contributed by atoms with Gasteiger partial charge in [-0.15, -0.1) is 0 Å². The van der Waals surface area contributed by atoms with Crippen LogP contribution in [0.5, 0.6) is 0 Å². The summed E-state index contributed by atoms with van der Waals surface area (Å²) in [4.78, 5) is 42.1. The molecule has 0 aromatic heterocycles. The second-order valence-electron chi connectivity index (χ2n) is 8.56. The molecule has 2 amide bonds. The van der Waals surface area contributed by atoms with Gasteiger partial charge < -0.3 is 19.9 Å². The van der Waals surface area contributed by atoms with Crippen LogP contribution in [0.1, 0.15) is 61.3 Å². The lowest BCUT2D eigenvalue weighted by atomic mass is 10.1. The highest BCUT2D eigenvalue weighted by Crippen LogP contribution is 2.20. The number of amides is 2. The van der Waals surface area contributed by atoms with Crippen LogP contribution in [0.25, 0.3) is 0 Å². The summed E-state index contributed by atoms with van der Waals surface area (Å²) in [6, 6.07) is -1.37. The molecule has 0 saturated heterocycles. The van der Waals surface area contributed by atoms with Crippen molar-refractivity contribution in [3.63, 3.8) is 0 Å². The van der Waals surface area contributed by atoms with Crippen molar-refractivity contribution in [1.29, 1.82) is 0 Å². The molecule has 9 nitrogen and oxygen atoms in total. The van der Waals surface area contributed by atoms with E-state index in [4.69, 9.17) is 19.9 Å². The van der Waals surface area contributed by atoms with E-state index in [0.29, 0.717) is 4.90 Å². The minimum Gasteiger partial charge on any atom is -0.467 e. The molecule has 0 heterocycles. The molecule has 172 valence electrons. The van der Waals surface area contributed by atoms with Crippen molar-refractivity contribution in [1.82, 2.24) is 4.90 Å². The Hall–Kier alpha value is -2.65. The number of methoxy groups -OCH3 is 1. The van der Waals surface area contributed by atoms with E-state index in [1.807, 2.05) is 0 Å². The summed E-state index contributed by atoms with van der Waals surface area (Å²) in [5.41, 5.74) is 3.51. The Kier molecular flexibility index (Phi) is 10.5. The molecule has 10 heteroatoms. The van der Waals surface area contributed by atoms with Gasteiger partial charge in [0, 0.05) is 0 Å². The summed E-state index contributed by atoms with van der Waals surface area (Å²) in [6.45, 7) is 11.0. The number of rotatable bonds is 7. The molecule has 0 spiro atoms. The monoisotopic (exact) mass is 431 g/mol. The Morgan fingerprint density at radius 2 is 1.53 bits per heavy atom. The number of carbonyl (C=O) groups excluding carboxylic acids is 3. The summed E-state index contributed by atoms with van der Waals surface area (Å²) in [7, 11) is 1.12. The van der Waals surface area contributed by atoms with Crippen LogP contribution in [0.4, 0.5) is 14.0 Å². The second-order valence-corrected chi connectivity index (χ2v) is 8.56. The van der Waals surface area contributed by atoms with Crippen LogP contribution < -0.4 is 5.73 Å². The van der Waals surface area contributed by atoms with Gasteiger partial charge >= 0.3 is 18.2 Å². The molecule has 0 radical (unpaired) electrons. The highest BCUT2D eigenvalue weighted by atomic mass is 19.1. The fourth-order valence-electron chi connectivity index (χ4n) is 2.10. The van der Waals surface area contributed by atoms with Gasteiger partial charge in [0.25, 0.3) is 0 Å². The minimum atomic E-state index is -1.37. The van der Waals surface area contributed by atoms with Crippen LogP contribution in [0.3, 0.4) is 0 Å². The molecule has 0 unspecified atom stereocenters. The predicted octanol–water partition coefficient (Wildman–Crippen LogP) is 3.71. The molecular formula is C20H34FN3O6. The van der Waals surface area contributed by atoms with E-state index >= 15 is 0 Å². The van der Waals surface area contributed by atoms with Gasteiger partial charge in [-0.25, -0.2) is 18.8 Å². The van der Waals surface area contributed by atoms with E-state index in [2.05, 4.69) is 4.99 Å². The molecule has 0 saturated carbocycles. The highest BCUT2D eigenvalue weighted by molar-refractivity contribution is 5.94. The molecule has 0 aromatic rings. The minimum absolute atomic E-state index is 0.0207. The number of allylic oxidation sites excluding steroid dienone is 1. The Bertz CT molecular complexity index is 645. The highest BCUT2D eigenvalue weighted by Gasteiger charge is 2.40. The van der Waals surface area contributed by atoms with Gasteiger partial charge in [0.15, 0.2) is 0 Å². The van der Waals surface area contributed by atoms with Gasteiger partial charge in [-0.2, -0.15) is 4.90 Å². The number of amidine groups is 1. The Morgan fingerprint density at radius 3 is 1.90 bits per heavy atom. The van der Waals surface area contributed by atoms with E-state index in [-0.39, 0.29) is 25.2 Å². The van der Waals surface area contributed by atoms with Crippen molar-refractivity contribution < 1.29 is 33.0 Å². The van der Waals surface area contributed by atoms with E-state index in [1.54, 1.807) is 41.5 Å². The molecule has 2 N–H and O–H groups in total. The van der Waals surface area contributed by atoms with Crippen molar-refractivity contribution in [3.05, 3.63) is 11.9 Å². The normalized spacial score (nSPS) is 14.0. The molecule has 0 aliphatic carbocycles. The summed E-state index contributed by atoms with van der Waals surface area (Å²) < 4.78 is 29.1. The van der Waals surface area contributed by atoms with Crippen molar-refractivity contribution in [2.24, 2.45) is 10.7 Å². The number of imide groups is 1. The van der Waals surface area contributed by atoms with Crippen molar-refractivity contribution in [3.8, 4) is 0 Å². The summed E-state index contributed by atoms with van der Waals surface area (Å²) >= 11 is 0. The lowest BCUT2D eigenvalue weighted by Crippen LogP contribution is -2.52. The zero-order valence-corrected chi connectivity index (χ0v) is 19.1. The largest absolute Gasteiger partial charge is 0.467 e. The second kappa shape index (κ2) is 11.5. The third-order valence-corrected chi connectivity index (χ3v) is 3.25. The summed E-state index contributed by atoms with van der Waals surface area (Å²) in [6.07, 6.45) is -1.03. The van der Waals surface area contributed by atoms with Gasteiger partial charge in [0.05, 0.1) is 19.5 Å². The van der Waals surface area contributed by atoms with E-state index < -0.39 is 41.2 Å². The number of ether oxygens (including phenoxy) is 3. The number of carbonyl (C=O) groups is 3. The smallest absolute Gasteiger partial charge is 0.420 e.